The molecule has 0 aliphatic rings. The molecule has 0 aromatic heterocycles. The molecule has 0 saturated heterocycles. The molecule has 0 aliphatic carbocycles. The second kappa shape index (κ2) is 7.97. The highest BCUT2D eigenvalue weighted by Crippen LogP contribution is 1.97. The summed E-state index contributed by atoms with van der Waals surface area (Å²) in [6, 6.07) is 0. The highest BCUT2D eigenvalue weighted by atomic mass is 16.5. The zero-order chi connectivity index (χ0) is 10.1. The van der Waals surface area contributed by atoms with Crippen LogP contribution in [0, 0.1) is 0 Å². The quantitative estimate of drug-likeness (QED) is 0.284. The summed E-state index contributed by atoms with van der Waals surface area (Å²) in [4.78, 5) is 10.8. The second-order valence-electron chi connectivity index (χ2n) is 2.67. The molecule has 0 atom stereocenters. The smallest absolute Gasteiger partial charge is 0.305 e. The van der Waals surface area contributed by atoms with Crippen LogP contribution in [0.4, 0.5) is 0 Å². The van der Waals surface area contributed by atoms with E-state index in [1.54, 1.807) is 0 Å². The third kappa shape index (κ3) is 9.26. The molecule has 5 heteroatoms. The molecule has 0 fully saturated rings. The highest BCUT2D eigenvalue weighted by Gasteiger charge is 2.03. The Kier molecular flexibility index (Phi) is 7.57. The first-order valence-corrected chi connectivity index (χ1v) is 4.29. The number of esters is 1. The first-order chi connectivity index (χ1) is 6.16. The molecule has 5 nitrogen and oxygen atoms in total. The summed E-state index contributed by atoms with van der Waals surface area (Å²) in [6.45, 7) is 0.0955. The minimum atomic E-state index is -1.43. The topological polar surface area (TPSA) is 87.0 Å². The van der Waals surface area contributed by atoms with Gasteiger partial charge in [0.2, 0.25) is 0 Å². The van der Waals surface area contributed by atoms with E-state index in [2.05, 4.69) is 4.74 Å². The van der Waals surface area contributed by atoms with E-state index in [4.69, 9.17) is 15.3 Å². The number of unbranched alkanes of at least 4 members (excludes halogenated alkanes) is 1. The van der Waals surface area contributed by atoms with Gasteiger partial charge in [0.15, 0.2) is 6.29 Å². The van der Waals surface area contributed by atoms with Gasteiger partial charge in [-0.2, -0.15) is 0 Å². The Morgan fingerprint density at radius 3 is 2.54 bits per heavy atom. The Balaban J connectivity index is 3.20. The monoisotopic (exact) mass is 192 g/mol. The van der Waals surface area contributed by atoms with Crippen LogP contribution in [-0.4, -0.2) is 40.8 Å². The average molecular weight is 192 g/mol. The number of aliphatic hydroxyl groups excluding tert-OH is 2. The molecule has 0 rings (SSSR count). The fourth-order valence-corrected chi connectivity index (χ4v) is 0.731. The molecule has 0 radical (unpaired) electrons. The van der Waals surface area contributed by atoms with Crippen molar-refractivity contribution in [3.63, 3.8) is 0 Å². The number of hydrogen-bond donors (Lipinski definition) is 3. The second-order valence-corrected chi connectivity index (χ2v) is 2.67. The van der Waals surface area contributed by atoms with Crippen LogP contribution in [0.1, 0.15) is 25.7 Å². The van der Waals surface area contributed by atoms with E-state index in [0.29, 0.717) is 12.8 Å². The maximum absolute atomic E-state index is 10.8. The SMILES string of the molecule is O=C(CCCCO)OCCC(O)O. The Morgan fingerprint density at radius 1 is 1.31 bits per heavy atom. The lowest BCUT2D eigenvalue weighted by atomic mass is 10.2. The number of carbonyl (C=O) groups is 1. The lowest BCUT2D eigenvalue weighted by Gasteiger charge is -2.05. The Hall–Kier alpha value is -0.650. The normalized spacial score (nSPS) is 10.5. The van der Waals surface area contributed by atoms with Crippen molar-refractivity contribution in [3.8, 4) is 0 Å². The van der Waals surface area contributed by atoms with E-state index in [-0.39, 0.29) is 32.0 Å². The molecule has 3 N–H and O–H groups in total. The fraction of sp³-hybridized carbons (Fsp3) is 0.875. The predicted molar refractivity (Wildman–Crippen MR) is 44.7 cm³/mol. The Bertz CT molecular complexity index is 134. The summed E-state index contributed by atoms with van der Waals surface area (Å²) in [5.74, 6) is -0.367. The molecule has 0 aromatic carbocycles. The third-order valence-corrected chi connectivity index (χ3v) is 1.43. The van der Waals surface area contributed by atoms with Gasteiger partial charge in [0, 0.05) is 19.4 Å². The van der Waals surface area contributed by atoms with Crippen LogP contribution < -0.4 is 0 Å². The van der Waals surface area contributed by atoms with Crippen molar-refractivity contribution in [2.24, 2.45) is 0 Å². The number of hydrogen-bond acceptors (Lipinski definition) is 5. The summed E-state index contributed by atoms with van der Waals surface area (Å²) >= 11 is 0. The maximum Gasteiger partial charge on any atom is 0.305 e. The number of carbonyl (C=O) groups excluding carboxylic acids is 1. The lowest BCUT2D eigenvalue weighted by Crippen LogP contribution is -2.12. The molecular weight excluding hydrogens is 176 g/mol. The van der Waals surface area contributed by atoms with Crippen molar-refractivity contribution < 1.29 is 24.9 Å². The molecule has 0 spiro atoms. The standard InChI is InChI=1S/C8H16O5/c9-5-2-1-3-8(12)13-6-4-7(10)11/h7,9-11H,1-6H2. The molecule has 0 aliphatic heterocycles. The summed E-state index contributed by atoms with van der Waals surface area (Å²) < 4.78 is 4.66. The van der Waals surface area contributed by atoms with E-state index in [0.717, 1.165) is 0 Å². The summed E-state index contributed by atoms with van der Waals surface area (Å²) in [6.07, 6.45) is 0.0491. The first kappa shape index (κ1) is 12.3. The molecule has 0 unspecified atom stereocenters. The van der Waals surface area contributed by atoms with Gasteiger partial charge in [0.05, 0.1) is 6.61 Å². The lowest BCUT2D eigenvalue weighted by molar-refractivity contribution is -0.146. The van der Waals surface area contributed by atoms with Crippen LogP contribution >= 0.6 is 0 Å². The minimum Gasteiger partial charge on any atom is -0.465 e. The molecule has 0 saturated carbocycles. The molecule has 13 heavy (non-hydrogen) atoms. The van der Waals surface area contributed by atoms with Gasteiger partial charge in [0.1, 0.15) is 0 Å². The van der Waals surface area contributed by atoms with Crippen molar-refractivity contribution in [1.29, 1.82) is 0 Å². The van der Waals surface area contributed by atoms with Crippen LogP contribution in [0.15, 0.2) is 0 Å². The number of aliphatic hydroxyl groups is 3. The molecule has 0 heterocycles. The van der Waals surface area contributed by atoms with Crippen molar-refractivity contribution >= 4 is 5.97 Å². The van der Waals surface area contributed by atoms with Gasteiger partial charge in [0.25, 0.3) is 0 Å². The van der Waals surface area contributed by atoms with E-state index in [9.17, 15) is 4.79 Å². The van der Waals surface area contributed by atoms with Crippen LogP contribution in [0.5, 0.6) is 0 Å². The zero-order valence-corrected chi connectivity index (χ0v) is 7.48. The predicted octanol–water partition coefficient (Wildman–Crippen LogP) is -0.607. The largest absolute Gasteiger partial charge is 0.465 e. The Labute approximate surface area is 77.0 Å². The summed E-state index contributed by atoms with van der Waals surface area (Å²) in [5, 5.41) is 25.2. The zero-order valence-electron chi connectivity index (χ0n) is 7.48. The van der Waals surface area contributed by atoms with E-state index in [1.165, 1.54) is 0 Å². The minimum absolute atomic E-state index is 0.0234. The molecule has 0 bridgehead atoms. The number of ether oxygens (including phenoxy) is 1. The van der Waals surface area contributed by atoms with Gasteiger partial charge in [-0.3, -0.25) is 4.79 Å². The fourth-order valence-electron chi connectivity index (χ4n) is 0.731. The molecule has 78 valence electrons. The highest BCUT2D eigenvalue weighted by molar-refractivity contribution is 5.69. The maximum atomic E-state index is 10.8. The van der Waals surface area contributed by atoms with Crippen LogP contribution in [-0.2, 0) is 9.53 Å². The van der Waals surface area contributed by atoms with Crippen LogP contribution in [0.3, 0.4) is 0 Å². The van der Waals surface area contributed by atoms with Gasteiger partial charge in [-0.05, 0) is 12.8 Å². The average Bonchev–Trinajstić information content (AvgIpc) is 2.04. The van der Waals surface area contributed by atoms with Crippen molar-refractivity contribution in [3.05, 3.63) is 0 Å². The van der Waals surface area contributed by atoms with Crippen molar-refractivity contribution in [1.82, 2.24) is 0 Å². The molecular formula is C8H16O5. The van der Waals surface area contributed by atoms with E-state index < -0.39 is 6.29 Å². The van der Waals surface area contributed by atoms with E-state index >= 15 is 0 Å². The van der Waals surface area contributed by atoms with Crippen molar-refractivity contribution in [2.75, 3.05) is 13.2 Å². The van der Waals surface area contributed by atoms with Gasteiger partial charge >= 0.3 is 5.97 Å². The van der Waals surface area contributed by atoms with Crippen LogP contribution in [0.25, 0.3) is 0 Å². The Morgan fingerprint density at radius 2 is 2.00 bits per heavy atom. The molecule has 0 amide bonds. The van der Waals surface area contributed by atoms with Crippen molar-refractivity contribution in [2.45, 2.75) is 32.0 Å². The van der Waals surface area contributed by atoms with Gasteiger partial charge in [-0.25, -0.2) is 0 Å². The molecule has 0 aromatic rings. The van der Waals surface area contributed by atoms with E-state index in [1.807, 2.05) is 0 Å². The third-order valence-electron chi connectivity index (χ3n) is 1.43. The first-order valence-electron chi connectivity index (χ1n) is 4.29. The summed E-state index contributed by atoms with van der Waals surface area (Å²) in [5.41, 5.74) is 0. The van der Waals surface area contributed by atoms with Crippen LogP contribution in [0.2, 0.25) is 0 Å². The van der Waals surface area contributed by atoms with Gasteiger partial charge < -0.3 is 20.1 Å². The van der Waals surface area contributed by atoms with Gasteiger partial charge in [-0.15, -0.1) is 0 Å². The number of rotatable bonds is 7. The summed E-state index contributed by atoms with van der Waals surface area (Å²) in [7, 11) is 0. The van der Waals surface area contributed by atoms with Gasteiger partial charge in [-0.1, -0.05) is 0 Å².